The fraction of sp³-hybridized carbons (Fsp3) is 0.522. The average Bonchev–Trinajstić information content (AvgIpc) is 2.84. The molecule has 0 bridgehead atoms. The number of aliphatic hydroxyl groups excluding tert-OH is 1. The van der Waals surface area contributed by atoms with Crippen LogP contribution in [0.3, 0.4) is 0 Å². The first-order chi connectivity index (χ1) is 14.0. The molecule has 1 unspecified atom stereocenters. The van der Waals surface area contributed by atoms with Crippen molar-refractivity contribution in [3.63, 3.8) is 0 Å². The summed E-state index contributed by atoms with van der Waals surface area (Å²) in [6, 6.07) is 7.38. The number of ether oxygens (including phenoxy) is 2. The number of carbonyl (C=O) groups is 1. The fourth-order valence-corrected chi connectivity index (χ4v) is 2.95. The average molecular weight is 416 g/mol. The number of benzene rings is 1. The third-order valence-corrected chi connectivity index (χ3v) is 5.40. The Morgan fingerprint density at radius 3 is 2.37 bits per heavy atom. The Bertz CT molecular complexity index is 792. The van der Waals surface area contributed by atoms with E-state index in [1.807, 2.05) is 65.0 Å². The Morgan fingerprint density at radius 2 is 1.80 bits per heavy atom. The molecule has 7 heteroatoms. The van der Waals surface area contributed by atoms with E-state index in [1.54, 1.807) is 19.9 Å². The van der Waals surface area contributed by atoms with Crippen molar-refractivity contribution in [2.45, 2.75) is 72.2 Å². The van der Waals surface area contributed by atoms with Gasteiger partial charge in [-0.05, 0) is 60.6 Å². The molecule has 1 aliphatic rings. The highest BCUT2D eigenvalue weighted by Crippen LogP contribution is 2.39. The lowest BCUT2D eigenvalue weighted by atomic mass is 9.77. The van der Waals surface area contributed by atoms with Crippen LogP contribution in [0.25, 0.3) is 0 Å². The fourth-order valence-electron chi connectivity index (χ4n) is 2.95. The van der Waals surface area contributed by atoms with E-state index in [-0.39, 0.29) is 24.3 Å². The second kappa shape index (κ2) is 9.71. The molecule has 0 amide bonds. The molecule has 1 heterocycles. The van der Waals surface area contributed by atoms with Gasteiger partial charge in [0, 0.05) is 11.0 Å². The number of rotatable bonds is 8. The number of para-hydroxylation sites is 1. The van der Waals surface area contributed by atoms with Gasteiger partial charge < -0.3 is 23.9 Å². The predicted octanol–water partition coefficient (Wildman–Crippen LogP) is 4.58. The molecule has 1 saturated heterocycles. The zero-order valence-electron chi connectivity index (χ0n) is 19.0. The number of carbonyl (C=O) groups excluding carboxylic acids is 1. The Morgan fingerprint density at radius 1 is 1.20 bits per heavy atom. The first kappa shape index (κ1) is 24.0. The van der Waals surface area contributed by atoms with E-state index in [1.165, 1.54) is 0 Å². The topological polar surface area (TPSA) is 74.2 Å². The summed E-state index contributed by atoms with van der Waals surface area (Å²) in [5.41, 5.74) is 0.306. The van der Waals surface area contributed by atoms with E-state index in [0.29, 0.717) is 17.8 Å². The van der Waals surface area contributed by atoms with E-state index < -0.39 is 18.3 Å². The van der Waals surface area contributed by atoms with Crippen LogP contribution in [0.1, 0.15) is 54.0 Å². The Kier molecular flexibility index (Phi) is 7.78. The molecule has 0 aliphatic carbocycles. The third-order valence-electron chi connectivity index (χ3n) is 5.40. The quantitative estimate of drug-likeness (QED) is 0.290. The summed E-state index contributed by atoms with van der Waals surface area (Å²) < 4.78 is 23.1. The highest BCUT2D eigenvalue weighted by atomic mass is 16.7. The number of aliphatic hydroxyl groups is 1. The van der Waals surface area contributed by atoms with Crippen LogP contribution < -0.4 is 4.74 Å². The minimum absolute atomic E-state index is 0.125. The Labute approximate surface area is 180 Å². The molecule has 30 heavy (non-hydrogen) atoms. The third kappa shape index (κ3) is 5.89. The van der Waals surface area contributed by atoms with Crippen molar-refractivity contribution >= 4 is 13.1 Å². The van der Waals surface area contributed by atoms with Crippen LogP contribution in [0.5, 0.6) is 5.75 Å². The van der Waals surface area contributed by atoms with Gasteiger partial charge in [-0.1, -0.05) is 24.3 Å². The monoisotopic (exact) mass is 416 g/mol. The summed E-state index contributed by atoms with van der Waals surface area (Å²) in [5.74, 6) is 0.447. The van der Waals surface area contributed by atoms with Crippen molar-refractivity contribution in [3.05, 3.63) is 53.2 Å². The first-order valence-electron chi connectivity index (χ1n) is 10.3. The van der Waals surface area contributed by atoms with Crippen LogP contribution in [0.4, 0.5) is 0 Å². The summed E-state index contributed by atoms with van der Waals surface area (Å²) in [4.78, 5) is 11.8. The summed E-state index contributed by atoms with van der Waals surface area (Å²) in [7, 11) is -0.667. The number of hydrogen-bond acceptors (Lipinski definition) is 6. The molecule has 0 aromatic heterocycles. The van der Waals surface area contributed by atoms with Crippen molar-refractivity contribution in [2.75, 3.05) is 6.61 Å². The lowest BCUT2D eigenvalue weighted by molar-refractivity contribution is -0.142. The van der Waals surface area contributed by atoms with Crippen molar-refractivity contribution < 1.29 is 28.7 Å². The molecule has 164 valence electrons. The zero-order chi connectivity index (χ0) is 22.5. The zero-order valence-corrected chi connectivity index (χ0v) is 19.0. The Hall–Kier alpha value is -2.25. The van der Waals surface area contributed by atoms with Crippen LogP contribution in [0.15, 0.2) is 47.6 Å². The molecule has 0 spiro atoms. The van der Waals surface area contributed by atoms with Gasteiger partial charge in [-0.15, -0.1) is 0 Å². The predicted molar refractivity (Wildman–Crippen MR) is 117 cm³/mol. The molecule has 1 N–H and O–H groups in total. The molecule has 1 fully saturated rings. The minimum atomic E-state index is -0.667. The molecular formula is C23H33BO6. The van der Waals surface area contributed by atoms with E-state index >= 15 is 0 Å². The van der Waals surface area contributed by atoms with Gasteiger partial charge in [0.1, 0.15) is 11.9 Å². The first-order valence-corrected chi connectivity index (χ1v) is 10.3. The van der Waals surface area contributed by atoms with Crippen molar-refractivity contribution in [1.82, 2.24) is 0 Å². The minimum Gasteiger partial charge on any atom is -0.513 e. The summed E-state index contributed by atoms with van der Waals surface area (Å²) in [6.07, 6.45) is 3.41. The van der Waals surface area contributed by atoms with Crippen molar-refractivity contribution in [3.8, 4) is 5.75 Å². The molecule has 0 saturated carbocycles. The summed E-state index contributed by atoms with van der Waals surface area (Å²) in [6.45, 7) is 13.5. The van der Waals surface area contributed by atoms with E-state index in [2.05, 4.69) is 0 Å². The lowest BCUT2D eigenvalue weighted by Gasteiger charge is -2.32. The molecule has 1 aromatic rings. The van der Waals surface area contributed by atoms with Gasteiger partial charge in [0.2, 0.25) is 0 Å². The van der Waals surface area contributed by atoms with Crippen LogP contribution in [0.2, 0.25) is 0 Å². The van der Waals surface area contributed by atoms with E-state index in [4.69, 9.17) is 18.8 Å². The second-order valence-corrected chi connectivity index (χ2v) is 8.40. The van der Waals surface area contributed by atoms with Gasteiger partial charge in [0.05, 0.1) is 30.0 Å². The standard InChI is InChI=1S/C23H33BO6/c1-8-27-21(26)15-18-11-9-10-12-20(18)28-16(2)13-14-19(17(3)25)24-29-22(4,5)23(6,7)30-24/h9-14,16,25H,8,15H2,1-7H3/b14-13-,19-17-. The second-order valence-electron chi connectivity index (χ2n) is 8.40. The molecule has 0 radical (unpaired) electrons. The van der Waals surface area contributed by atoms with Gasteiger partial charge in [-0.25, -0.2) is 0 Å². The van der Waals surface area contributed by atoms with Crippen molar-refractivity contribution in [1.29, 1.82) is 0 Å². The van der Waals surface area contributed by atoms with Gasteiger partial charge in [-0.2, -0.15) is 0 Å². The van der Waals surface area contributed by atoms with Gasteiger partial charge in [0.25, 0.3) is 0 Å². The SMILES string of the molecule is CCOC(=O)Cc1ccccc1OC(C)/C=C\C(B1OC(C)(C)C(C)(C)O1)=C(/C)O. The smallest absolute Gasteiger partial charge is 0.498 e. The largest absolute Gasteiger partial charge is 0.513 e. The molecule has 1 aromatic carbocycles. The van der Waals surface area contributed by atoms with Crippen LogP contribution in [-0.4, -0.2) is 42.1 Å². The summed E-state index contributed by atoms with van der Waals surface area (Å²) in [5, 5.41) is 10.2. The molecular weight excluding hydrogens is 383 g/mol. The maximum Gasteiger partial charge on any atom is 0.498 e. The number of esters is 1. The van der Waals surface area contributed by atoms with Crippen LogP contribution in [0, 0.1) is 0 Å². The highest BCUT2D eigenvalue weighted by Gasteiger charge is 2.52. The molecule has 1 atom stereocenters. The van der Waals surface area contributed by atoms with Gasteiger partial charge in [-0.3, -0.25) is 4.79 Å². The number of hydrogen-bond donors (Lipinski definition) is 1. The van der Waals surface area contributed by atoms with Crippen molar-refractivity contribution in [2.24, 2.45) is 0 Å². The molecule has 6 nitrogen and oxygen atoms in total. The van der Waals surface area contributed by atoms with Gasteiger partial charge >= 0.3 is 13.1 Å². The number of allylic oxidation sites excluding steroid dienone is 3. The maximum atomic E-state index is 11.8. The van der Waals surface area contributed by atoms with E-state index in [0.717, 1.165) is 5.56 Å². The van der Waals surface area contributed by atoms with Crippen LogP contribution in [-0.2, 0) is 25.3 Å². The lowest BCUT2D eigenvalue weighted by Crippen LogP contribution is -2.41. The molecule has 2 rings (SSSR count). The van der Waals surface area contributed by atoms with Crippen LogP contribution >= 0.6 is 0 Å². The highest BCUT2D eigenvalue weighted by molar-refractivity contribution is 6.55. The summed E-state index contributed by atoms with van der Waals surface area (Å²) >= 11 is 0. The van der Waals surface area contributed by atoms with Gasteiger partial charge in [0.15, 0.2) is 0 Å². The maximum absolute atomic E-state index is 11.8. The Balaban J connectivity index is 2.11. The molecule has 1 aliphatic heterocycles. The normalized spacial score (nSPS) is 19.5. The van der Waals surface area contributed by atoms with E-state index in [9.17, 15) is 9.90 Å².